The summed E-state index contributed by atoms with van der Waals surface area (Å²) in [4.78, 5) is 35.3. The molecule has 0 saturated carbocycles. The van der Waals surface area contributed by atoms with Crippen LogP contribution >= 0.6 is 7.82 Å². The van der Waals surface area contributed by atoms with Crippen LogP contribution in [-0.2, 0) is 32.7 Å². The molecule has 9 nitrogen and oxygen atoms in total. The minimum absolute atomic E-state index is 0.0459. The highest BCUT2D eigenvalue weighted by molar-refractivity contribution is 7.47. The fourth-order valence-electron chi connectivity index (χ4n) is 8.53. The molecule has 0 saturated heterocycles. The van der Waals surface area contributed by atoms with Gasteiger partial charge in [0, 0.05) is 19.4 Å². The number of hydrogen-bond acceptors (Lipinski definition) is 8. The number of phosphoric ester groups is 1. The van der Waals surface area contributed by atoms with E-state index in [0.717, 1.165) is 109 Å². The monoisotopic (exact) mass is 1090 g/mol. The van der Waals surface area contributed by atoms with E-state index < -0.39 is 26.5 Å². The van der Waals surface area contributed by atoms with Gasteiger partial charge in [-0.25, -0.2) is 4.57 Å². The Kier molecular flexibility index (Phi) is 59.2. The molecule has 0 aromatic carbocycles. The van der Waals surface area contributed by atoms with Crippen LogP contribution in [0.3, 0.4) is 0 Å². The lowest BCUT2D eigenvalue weighted by molar-refractivity contribution is -0.161. The third-order valence-corrected chi connectivity index (χ3v) is 14.1. The first-order chi connectivity index (χ1) is 37.8. The summed E-state index contributed by atoms with van der Waals surface area (Å²) >= 11 is 0. The second kappa shape index (κ2) is 61.9. The Balaban J connectivity index is 4.02. The summed E-state index contributed by atoms with van der Waals surface area (Å²) in [6.07, 6.45) is 84.4. The van der Waals surface area contributed by atoms with Crippen molar-refractivity contribution in [2.75, 3.05) is 26.4 Å². The predicted octanol–water partition coefficient (Wildman–Crippen LogP) is 20.2. The molecule has 0 heterocycles. The number of allylic oxidation sites excluding steroid dienone is 18. The summed E-state index contributed by atoms with van der Waals surface area (Å²) in [6, 6.07) is 0. The topological polar surface area (TPSA) is 134 Å². The smallest absolute Gasteiger partial charge is 0.462 e. The van der Waals surface area contributed by atoms with Crippen LogP contribution in [0.25, 0.3) is 0 Å². The van der Waals surface area contributed by atoms with Crippen LogP contribution in [0.2, 0.25) is 0 Å². The average molecular weight is 1090 g/mol. The van der Waals surface area contributed by atoms with Gasteiger partial charge in [-0.2, -0.15) is 0 Å². The minimum atomic E-state index is -4.40. The molecule has 77 heavy (non-hydrogen) atoms. The Labute approximate surface area is 473 Å². The molecule has 0 aliphatic carbocycles. The summed E-state index contributed by atoms with van der Waals surface area (Å²) in [5, 5.41) is 0. The lowest BCUT2D eigenvalue weighted by atomic mass is 10.0. The Morgan fingerprint density at radius 1 is 0.403 bits per heavy atom. The van der Waals surface area contributed by atoms with E-state index in [4.69, 9.17) is 24.3 Å². The van der Waals surface area contributed by atoms with Gasteiger partial charge in [-0.3, -0.25) is 18.6 Å². The molecule has 3 N–H and O–H groups in total. The third kappa shape index (κ3) is 61.7. The van der Waals surface area contributed by atoms with Crippen molar-refractivity contribution in [3.8, 4) is 0 Å². The summed E-state index contributed by atoms with van der Waals surface area (Å²) < 4.78 is 33.1. The Bertz CT molecular complexity index is 1630. The van der Waals surface area contributed by atoms with Crippen LogP contribution in [0.15, 0.2) is 109 Å². The molecule has 0 amide bonds. The second-order valence-corrected chi connectivity index (χ2v) is 22.0. The lowest BCUT2D eigenvalue weighted by Gasteiger charge is -2.19. The number of esters is 2. The van der Waals surface area contributed by atoms with Crippen molar-refractivity contribution >= 4 is 19.8 Å². The highest BCUT2D eigenvalue weighted by atomic mass is 31.2. The summed E-state index contributed by atoms with van der Waals surface area (Å²) in [5.41, 5.74) is 5.39. The summed E-state index contributed by atoms with van der Waals surface area (Å²) in [5.74, 6) is -0.844. The zero-order valence-corrected chi connectivity index (χ0v) is 50.3. The van der Waals surface area contributed by atoms with Crippen molar-refractivity contribution in [3.05, 3.63) is 109 Å². The van der Waals surface area contributed by atoms with E-state index in [1.165, 1.54) is 128 Å². The minimum Gasteiger partial charge on any atom is -0.462 e. The van der Waals surface area contributed by atoms with Gasteiger partial charge in [0.2, 0.25) is 0 Å². The lowest BCUT2D eigenvalue weighted by Crippen LogP contribution is -2.29. The zero-order chi connectivity index (χ0) is 55.9. The first-order valence-corrected chi connectivity index (χ1v) is 32.9. The van der Waals surface area contributed by atoms with Crippen molar-refractivity contribution in [3.63, 3.8) is 0 Å². The first-order valence-electron chi connectivity index (χ1n) is 31.4. The average Bonchev–Trinajstić information content (AvgIpc) is 3.42. The van der Waals surface area contributed by atoms with Gasteiger partial charge >= 0.3 is 19.8 Å². The highest BCUT2D eigenvalue weighted by Gasteiger charge is 2.26. The number of phosphoric acid groups is 1. The molecule has 0 bridgehead atoms. The van der Waals surface area contributed by atoms with Crippen LogP contribution < -0.4 is 5.73 Å². The fraction of sp³-hybridized carbons (Fsp3) is 0.701. The van der Waals surface area contributed by atoms with E-state index in [1.54, 1.807) is 0 Å². The molecule has 0 spiro atoms. The molecule has 442 valence electrons. The van der Waals surface area contributed by atoms with Crippen LogP contribution in [0, 0.1) is 0 Å². The van der Waals surface area contributed by atoms with E-state index in [1.807, 2.05) is 0 Å². The Morgan fingerprint density at radius 2 is 0.714 bits per heavy atom. The summed E-state index contributed by atoms with van der Waals surface area (Å²) in [7, 11) is -4.40. The van der Waals surface area contributed by atoms with Gasteiger partial charge in [-0.1, -0.05) is 264 Å². The highest BCUT2D eigenvalue weighted by Crippen LogP contribution is 2.43. The maximum absolute atomic E-state index is 12.7. The van der Waals surface area contributed by atoms with Crippen LogP contribution in [0.1, 0.15) is 271 Å². The molecule has 0 rings (SSSR count). The molecular weight excluding hydrogens is 978 g/mol. The van der Waals surface area contributed by atoms with E-state index in [9.17, 15) is 19.0 Å². The number of unbranched alkanes of at least 4 members (excludes halogenated alkanes) is 27. The number of carbonyl (C=O) groups is 2. The van der Waals surface area contributed by atoms with Crippen molar-refractivity contribution in [2.24, 2.45) is 5.73 Å². The van der Waals surface area contributed by atoms with E-state index in [2.05, 4.69) is 123 Å². The Morgan fingerprint density at radius 3 is 1.08 bits per heavy atom. The van der Waals surface area contributed by atoms with Crippen molar-refractivity contribution in [1.82, 2.24) is 0 Å². The van der Waals surface area contributed by atoms with Gasteiger partial charge in [0.25, 0.3) is 0 Å². The fourth-order valence-corrected chi connectivity index (χ4v) is 9.30. The van der Waals surface area contributed by atoms with Crippen molar-refractivity contribution < 1.29 is 37.6 Å². The molecule has 0 aliphatic heterocycles. The van der Waals surface area contributed by atoms with Gasteiger partial charge in [0.15, 0.2) is 6.10 Å². The van der Waals surface area contributed by atoms with Crippen LogP contribution in [-0.4, -0.2) is 49.3 Å². The Hall–Kier alpha value is -3.33. The van der Waals surface area contributed by atoms with Crippen LogP contribution in [0.5, 0.6) is 0 Å². The van der Waals surface area contributed by atoms with Crippen molar-refractivity contribution in [1.29, 1.82) is 0 Å². The van der Waals surface area contributed by atoms with Gasteiger partial charge in [0.1, 0.15) is 6.61 Å². The zero-order valence-electron chi connectivity index (χ0n) is 49.4. The molecule has 0 radical (unpaired) electrons. The maximum Gasteiger partial charge on any atom is 0.472 e. The standard InChI is InChI=1S/C67H116NO8P/c1-3-5-7-9-11-13-15-17-19-21-23-25-27-29-30-31-32-33-34-36-38-40-42-44-46-48-50-52-54-56-58-60-67(70)76-65(64-75-77(71,72)74-62-61-68)63-73-66(69)59-57-55-53-51-49-47-45-43-41-39-37-35-28-26-24-22-20-18-16-14-12-10-8-6-4-2/h5,7,11,13,17,19,22-25,29-30,32-33,36,38,42,44,65H,3-4,6,8-10,12,14-16,18,20-21,26-28,31,34-35,37,39-41,43,45-64,68H2,1-2H3,(H,71,72)/b7-5-,13-11-,19-17-,24-22-,25-23-,30-29-,33-32-,38-36-,44-42-. The van der Waals surface area contributed by atoms with Gasteiger partial charge in [-0.05, 0) is 103 Å². The molecule has 0 aromatic rings. The molecular formula is C67H116NO8P. The molecule has 10 heteroatoms. The number of carbonyl (C=O) groups excluding carboxylic acids is 2. The molecule has 0 aliphatic rings. The first kappa shape index (κ1) is 73.7. The van der Waals surface area contributed by atoms with Crippen molar-refractivity contribution in [2.45, 2.75) is 277 Å². The van der Waals surface area contributed by atoms with Crippen LogP contribution in [0.4, 0.5) is 0 Å². The summed E-state index contributed by atoms with van der Waals surface area (Å²) in [6.45, 7) is 3.63. The molecule has 2 atom stereocenters. The normalized spacial score (nSPS) is 13.8. The predicted molar refractivity (Wildman–Crippen MR) is 330 cm³/mol. The largest absolute Gasteiger partial charge is 0.472 e. The SMILES string of the molecule is CC/C=C\C/C=C\C/C=C\C/C=C\C/C=C\C/C=C\C/C=C\C/C=C\CCCCCCCCC(=O)OC(COC(=O)CCCCCCCCCCCCCCC/C=C\CCCCCCCCCC)COP(=O)(O)OCCN. The molecule has 0 fully saturated rings. The van der Waals surface area contributed by atoms with E-state index >= 15 is 0 Å². The second-order valence-electron chi connectivity index (χ2n) is 20.5. The third-order valence-electron chi connectivity index (χ3n) is 13.1. The van der Waals surface area contributed by atoms with E-state index in [-0.39, 0.29) is 38.6 Å². The quantitative estimate of drug-likeness (QED) is 0.0264. The number of ether oxygens (including phenoxy) is 2. The van der Waals surface area contributed by atoms with Gasteiger partial charge in [0.05, 0.1) is 13.2 Å². The maximum atomic E-state index is 12.7. The number of nitrogens with two attached hydrogens (primary N) is 1. The number of rotatable bonds is 58. The molecule has 0 aromatic heterocycles. The van der Waals surface area contributed by atoms with Gasteiger partial charge < -0.3 is 20.1 Å². The molecule has 2 unspecified atom stereocenters. The van der Waals surface area contributed by atoms with E-state index in [0.29, 0.717) is 6.42 Å². The number of hydrogen-bond donors (Lipinski definition) is 2. The van der Waals surface area contributed by atoms with Gasteiger partial charge in [-0.15, -0.1) is 0 Å².